The summed E-state index contributed by atoms with van der Waals surface area (Å²) in [5.41, 5.74) is -1.64. The second-order valence-corrected chi connectivity index (χ2v) is 3.64. The number of hydrogen-bond acceptors (Lipinski definition) is 5. The molecule has 0 aliphatic carbocycles. The minimum absolute atomic E-state index is 0.00616. The maximum atomic E-state index is 13.5. The number of hydrogen-bond donors (Lipinski definition) is 3. The van der Waals surface area contributed by atoms with Gasteiger partial charge in [0.15, 0.2) is 5.82 Å². The predicted molar refractivity (Wildman–Crippen MR) is 60.2 cm³/mol. The predicted octanol–water partition coefficient (Wildman–Crippen LogP) is 1.22. The Labute approximate surface area is 101 Å². The third-order valence-corrected chi connectivity index (χ3v) is 2.10. The second kappa shape index (κ2) is 5.41. The molecule has 1 aromatic carbocycles. The van der Waals surface area contributed by atoms with E-state index in [2.05, 4.69) is 5.32 Å². The first-order valence-corrected chi connectivity index (χ1v) is 4.96. The molecular formula is C10H11FN2O5. The summed E-state index contributed by atoms with van der Waals surface area (Å²) in [6.07, 6.45) is -0.770. The van der Waals surface area contributed by atoms with E-state index in [1.165, 1.54) is 6.92 Å². The molecule has 0 amide bonds. The van der Waals surface area contributed by atoms with Gasteiger partial charge in [-0.05, 0) is 13.0 Å². The number of carboxylic acid groups (broad SMARTS) is 1. The molecule has 1 unspecified atom stereocenters. The maximum Gasteiger partial charge on any atom is 0.342 e. The number of anilines is 1. The van der Waals surface area contributed by atoms with Crippen molar-refractivity contribution in [2.45, 2.75) is 13.0 Å². The highest BCUT2D eigenvalue weighted by atomic mass is 19.1. The number of carboxylic acids is 1. The van der Waals surface area contributed by atoms with Crippen LogP contribution in [0.5, 0.6) is 0 Å². The Hall–Kier alpha value is -2.22. The van der Waals surface area contributed by atoms with Crippen LogP contribution in [-0.2, 0) is 0 Å². The molecule has 3 N–H and O–H groups in total. The minimum Gasteiger partial charge on any atom is -0.477 e. The van der Waals surface area contributed by atoms with Crippen LogP contribution >= 0.6 is 0 Å². The molecule has 1 atom stereocenters. The zero-order valence-corrected chi connectivity index (χ0v) is 9.38. The summed E-state index contributed by atoms with van der Waals surface area (Å²) >= 11 is 0. The summed E-state index contributed by atoms with van der Waals surface area (Å²) in [5.74, 6) is -2.48. The first-order valence-electron chi connectivity index (χ1n) is 4.96. The Balaban J connectivity index is 3.19. The summed E-state index contributed by atoms with van der Waals surface area (Å²) in [4.78, 5) is 20.4. The van der Waals surface area contributed by atoms with Gasteiger partial charge in [-0.25, -0.2) is 9.18 Å². The largest absolute Gasteiger partial charge is 0.477 e. The van der Waals surface area contributed by atoms with Gasteiger partial charge in [0.25, 0.3) is 5.69 Å². The van der Waals surface area contributed by atoms with Crippen LogP contribution in [0.15, 0.2) is 12.1 Å². The van der Waals surface area contributed by atoms with E-state index in [1.807, 2.05) is 0 Å². The van der Waals surface area contributed by atoms with Crippen molar-refractivity contribution in [1.29, 1.82) is 0 Å². The average molecular weight is 258 g/mol. The molecule has 98 valence electrons. The number of aliphatic hydroxyl groups is 1. The molecular weight excluding hydrogens is 247 g/mol. The van der Waals surface area contributed by atoms with Gasteiger partial charge in [0.05, 0.1) is 22.8 Å². The molecule has 0 saturated carbocycles. The van der Waals surface area contributed by atoms with Crippen molar-refractivity contribution in [3.8, 4) is 0 Å². The summed E-state index contributed by atoms with van der Waals surface area (Å²) in [6, 6.07) is 1.37. The molecule has 0 aliphatic rings. The van der Waals surface area contributed by atoms with Crippen molar-refractivity contribution in [1.82, 2.24) is 0 Å². The van der Waals surface area contributed by atoms with Crippen molar-refractivity contribution >= 4 is 17.3 Å². The Kier molecular flexibility index (Phi) is 4.16. The van der Waals surface area contributed by atoms with Crippen LogP contribution in [0.2, 0.25) is 0 Å². The van der Waals surface area contributed by atoms with E-state index >= 15 is 0 Å². The lowest BCUT2D eigenvalue weighted by Crippen LogP contribution is -2.16. The number of aliphatic hydroxyl groups excluding tert-OH is 1. The van der Waals surface area contributed by atoms with E-state index in [1.54, 1.807) is 0 Å². The molecule has 0 bridgehead atoms. The lowest BCUT2D eigenvalue weighted by Gasteiger charge is -2.10. The van der Waals surface area contributed by atoms with E-state index in [0.717, 1.165) is 6.07 Å². The molecule has 0 saturated heterocycles. The standard InChI is InChI=1S/C10H11FN2O5/c1-5(14)4-12-8-2-6(10(15)16)9(13(17)18)3-7(8)11/h2-3,5,12,14H,4H2,1H3,(H,15,16). The van der Waals surface area contributed by atoms with Gasteiger partial charge < -0.3 is 15.5 Å². The minimum atomic E-state index is -1.53. The zero-order chi connectivity index (χ0) is 13.9. The Morgan fingerprint density at radius 3 is 2.67 bits per heavy atom. The van der Waals surface area contributed by atoms with Gasteiger partial charge in [-0.1, -0.05) is 0 Å². The van der Waals surface area contributed by atoms with Crippen LogP contribution in [0.4, 0.5) is 15.8 Å². The molecule has 1 aromatic rings. The van der Waals surface area contributed by atoms with Crippen molar-refractivity contribution in [3.05, 3.63) is 33.6 Å². The van der Waals surface area contributed by atoms with Gasteiger partial charge in [-0.2, -0.15) is 0 Å². The van der Waals surface area contributed by atoms with E-state index < -0.39 is 34.1 Å². The third-order valence-electron chi connectivity index (χ3n) is 2.10. The molecule has 0 spiro atoms. The van der Waals surface area contributed by atoms with E-state index in [0.29, 0.717) is 6.07 Å². The Morgan fingerprint density at radius 2 is 2.22 bits per heavy atom. The second-order valence-electron chi connectivity index (χ2n) is 3.64. The number of nitro groups is 1. The van der Waals surface area contributed by atoms with Crippen molar-refractivity contribution < 1.29 is 24.3 Å². The lowest BCUT2D eigenvalue weighted by molar-refractivity contribution is -0.385. The normalized spacial score (nSPS) is 11.9. The third kappa shape index (κ3) is 3.14. The molecule has 0 aromatic heterocycles. The maximum absolute atomic E-state index is 13.5. The topological polar surface area (TPSA) is 113 Å². The lowest BCUT2D eigenvalue weighted by atomic mass is 10.1. The monoisotopic (exact) mass is 258 g/mol. The number of benzene rings is 1. The van der Waals surface area contributed by atoms with Crippen LogP contribution in [-0.4, -0.2) is 33.8 Å². The fraction of sp³-hybridized carbons (Fsp3) is 0.300. The van der Waals surface area contributed by atoms with Gasteiger partial charge in [-0.3, -0.25) is 10.1 Å². The van der Waals surface area contributed by atoms with Gasteiger partial charge >= 0.3 is 5.97 Å². The summed E-state index contributed by atoms with van der Waals surface area (Å²) < 4.78 is 13.5. The van der Waals surface area contributed by atoms with Crippen LogP contribution in [0, 0.1) is 15.9 Å². The fourth-order valence-corrected chi connectivity index (χ4v) is 1.28. The van der Waals surface area contributed by atoms with Gasteiger partial charge in [0.2, 0.25) is 0 Å². The Bertz CT molecular complexity index is 489. The quantitative estimate of drug-likeness (QED) is 0.540. The van der Waals surface area contributed by atoms with Crippen molar-refractivity contribution in [2.75, 3.05) is 11.9 Å². The van der Waals surface area contributed by atoms with Crippen LogP contribution in [0.3, 0.4) is 0 Å². The molecule has 0 heterocycles. The number of aromatic carboxylic acids is 1. The highest BCUT2D eigenvalue weighted by molar-refractivity contribution is 5.93. The van der Waals surface area contributed by atoms with E-state index in [9.17, 15) is 19.3 Å². The molecule has 0 aliphatic heterocycles. The van der Waals surface area contributed by atoms with Gasteiger partial charge in [0, 0.05) is 6.54 Å². The molecule has 0 radical (unpaired) electrons. The summed E-state index contributed by atoms with van der Waals surface area (Å²) in [5, 5.41) is 30.9. The number of halogens is 1. The summed E-state index contributed by atoms with van der Waals surface area (Å²) in [7, 11) is 0. The zero-order valence-electron chi connectivity index (χ0n) is 9.38. The molecule has 0 fully saturated rings. The highest BCUT2D eigenvalue weighted by Gasteiger charge is 2.23. The van der Waals surface area contributed by atoms with Gasteiger partial charge in [-0.15, -0.1) is 0 Å². The van der Waals surface area contributed by atoms with E-state index in [4.69, 9.17) is 10.2 Å². The number of rotatable bonds is 5. The van der Waals surface area contributed by atoms with Crippen molar-refractivity contribution in [2.24, 2.45) is 0 Å². The average Bonchev–Trinajstić information content (AvgIpc) is 2.26. The van der Waals surface area contributed by atoms with Gasteiger partial charge in [0.1, 0.15) is 5.56 Å². The molecule has 8 heteroatoms. The first kappa shape index (κ1) is 13.8. The first-order chi connectivity index (χ1) is 8.32. The van der Waals surface area contributed by atoms with E-state index in [-0.39, 0.29) is 12.2 Å². The smallest absolute Gasteiger partial charge is 0.342 e. The van der Waals surface area contributed by atoms with Crippen LogP contribution in [0.25, 0.3) is 0 Å². The number of nitrogens with zero attached hydrogens (tertiary/aromatic N) is 1. The molecule has 1 rings (SSSR count). The van der Waals surface area contributed by atoms with Crippen LogP contribution in [0.1, 0.15) is 17.3 Å². The fourth-order valence-electron chi connectivity index (χ4n) is 1.28. The number of nitrogens with one attached hydrogen (secondary N) is 1. The van der Waals surface area contributed by atoms with Crippen molar-refractivity contribution in [3.63, 3.8) is 0 Å². The summed E-state index contributed by atoms with van der Waals surface area (Å²) in [6.45, 7) is 1.45. The van der Waals surface area contributed by atoms with Crippen LogP contribution < -0.4 is 5.32 Å². The molecule has 7 nitrogen and oxygen atoms in total. The number of nitro benzene ring substituents is 1. The Morgan fingerprint density at radius 1 is 1.61 bits per heavy atom. The SMILES string of the molecule is CC(O)CNc1cc(C(=O)O)c([N+](=O)[O-])cc1F. The number of carbonyl (C=O) groups is 1. The highest BCUT2D eigenvalue weighted by Crippen LogP contribution is 2.26. The molecule has 18 heavy (non-hydrogen) atoms.